The normalized spacial score (nSPS) is 14.3. The summed E-state index contributed by atoms with van der Waals surface area (Å²) in [6.45, 7) is 2.09. The standard InChI is InChI=1S/C10H13Cl3Si/c1-2-9(10(12,13)14)7-4-3-5-8(11)6-7/h3-6,9H,2H2,1,14H3. The van der Waals surface area contributed by atoms with Gasteiger partial charge in [0.15, 0.2) is 0 Å². The van der Waals surface area contributed by atoms with Crippen molar-refractivity contribution in [3.63, 3.8) is 0 Å². The Balaban J connectivity index is 3.01. The minimum absolute atomic E-state index is 0.177. The lowest BCUT2D eigenvalue weighted by atomic mass is 9.98. The highest BCUT2D eigenvalue weighted by molar-refractivity contribution is 6.65. The van der Waals surface area contributed by atoms with Crippen LogP contribution in [0.4, 0.5) is 0 Å². The molecule has 0 aliphatic rings. The van der Waals surface area contributed by atoms with Crippen molar-refractivity contribution in [2.24, 2.45) is 0 Å². The van der Waals surface area contributed by atoms with E-state index >= 15 is 0 Å². The second-order valence-electron chi connectivity index (χ2n) is 3.47. The molecule has 0 saturated heterocycles. The van der Waals surface area contributed by atoms with Crippen LogP contribution in [0.15, 0.2) is 24.3 Å². The van der Waals surface area contributed by atoms with Crippen LogP contribution >= 0.6 is 34.8 Å². The van der Waals surface area contributed by atoms with Crippen LogP contribution in [-0.4, -0.2) is 14.2 Å². The first kappa shape index (κ1) is 12.4. The zero-order valence-corrected chi connectivity index (χ0v) is 12.5. The van der Waals surface area contributed by atoms with Crippen molar-refractivity contribution in [1.29, 1.82) is 0 Å². The van der Waals surface area contributed by atoms with Gasteiger partial charge in [-0.15, -0.1) is 23.2 Å². The van der Waals surface area contributed by atoms with Crippen LogP contribution in [0, 0.1) is 0 Å². The topological polar surface area (TPSA) is 0 Å². The fraction of sp³-hybridized carbons (Fsp3) is 0.400. The zero-order chi connectivity index (χ0) is 10.8. The molecular formula is C10H13Cl3Si. The molecule has 78 valence electrons. The van der Waals surface area contributed by atoms with Gasteiger partial charge in [-0.05, 0) is 24.1 Å². The van der Waals surface area contributed by atoms with Gasteiger partial charge in [-0.2, -0.15) is 0 Å². The first-order valence-corrected chi connectivity index (χ1v) is 6.71. The van der Waals surface area contributed by atoms with E-state index < -0.39 is 3.96 Å². The predicted octanol–water partition coefficient (Wildman–Crippen LogP) is 3.33. The molecule has 14 heavy (non-hydrogen) atoms. The minimum atomic E-state index is -0.612. The molecule has 0 aromatic heterocycles. The molecule has 0 heterocycles. The number of hydrogen-bond donors (Lipinski definition) is 0. The molecule has 0 radical (unpaired) electrons. The Labute approximate surface area is 103 Å². The number of alkyl halides is 2. The lowest BCUT2D eigenvalue weighted by Crippen LogP contribution is -2.23. The van der Waals surface area contributed by atoms with Crippen molar-refractivity contribution in [2.75, 3.05) is 0 Å². The summed E-state index contributed by atoms with van der Waals surface area (Å²) in [4.78, 5) is 0. The summed E-state index contributed by atoms with van der Waals surface area (Å²) >= 11 is 18.3. The zero-order valence-electron chi connectivity index (χ0n) is 8.23. The smallest absolute Gasteiger partial charge is 0.104 e. The van der Waals surface area contributed by atoms with E-state index in [1.54, 1.807) is 0 Å². The number of rotatable bonds is 3. The maximum atomic E-state index is 6.17. The first-order valence-electron chi connectivity index (χ1n) is 4.58. The second kappa shape index (κ2) is 4.89. The molecule has 1 aromatic carbocycles. The summed E-state index contributed by atoms with van der Waals surface area (Å²) in [7, 11) is 0.741. The van der Waals surface area contributed by atoms with Gasteiger partial charge in [0.1, 0.15) is 3.96 Å². The van der Waals surface area contributed by atoms with E-state index in [0.717, 1.165) is 27.2 Å². The third kappa shape index (κ3) is 3.16. The van der Waals surface area contributed by atoms with Crippen molar-refractivity contribution in [3.05, 3.63) is 34.9 Å². The van der Waals surface area contributed by atoms with Crippen molar-refractivity contribution >= 4 is 45.0 Å². The highest BCUT2D eigenvalue weighted by atomic mass is 35.5. The summed E-state index contributed by atoms with van der Waals surface area (Å²) in [6, 6.07) is 7.75. The van der Waals surface area contributed by atoms with E-state index in [0.29, 0.717) is 0 Å². The summed E-state index contributed by atoms with van der Waals surface area (Å²) in [5, 5.41) is 0.736. The molecule has 1 aromatic rings. The fourth-order valence-electron chi connectivity index (χ4n) is 1.61. The van der Waals surface area contributed by atoms with Crippen LogP contribution < -0.4 is 0 Å². The molecule has 0 amide bonds. The lowest BCUT2D eigenvalue weighted by Gasteiger charge is -2.25. The highest BCUT2D eigenvalue weighted by Gasteiger charge is 2.29. The van der Waals surface area contributed by atoms with Gasteiger partial charge in [0.2, 0.25) is 0 Å². The molecule has 0 N–H and O–H groups in total. The molecule has 0 nitrogen and oxygen atoms in total. The van der Waals surface area contributed by atoms with Crippen LogP contribution in [-0.2, 0) is 0 Å². The third-order valence-electron chi connectivity index (χ3n) is 2.27. The van der Waals surface area contributed by atoms with E-state index in [1.165, 1.54) is 0 Å². The van der Waals surface area contributed by atoms with Crippen molar-refractivity contribution in [1.82, 2.24) is 0 Å². The Hall–Kier alpha value is 0.307. The van der Waals surface area contributed by atoms with E-state index in [4.69, 9.17) is 34.8 Å². The Morgan fingerprint density at radius 3 is 2.50 bits per heavy atom. The van der Waals surface area contributed by atoms with Crippen LogP contribution in [0.3, 0.4) is 0 Å². The number of halogens is 3. The molecule has 1 rings (SSSR count). The van der Waals surface area contributed by atoms with Gasteiger partial charge in [0.05, 0.1) is 0 Å². The quantitative estimate of drug-likeness (QED) is 0.582. The molecular weight excluding hydrogens is 255 g/mol. The molecule has 0 aliphatic carbocycles. The molecule has 0 aliphatic heterocycles. The Kier molecular flexibility index (Phi) is 4.32. The summed E-state index contributed by atoms with van der Waals surface area (Å²) in [5.74, 6) is 0.177. The highest BCUT2D eigenvalue weighted by Crippen LogP contribution is 2.38. The summed E-state index contributed by atoms with van der Waals surface area (Å²) < 4.78 is -0.612. The van der Waals surface area contributed by atoms with E-state index in [2.05, 4.69) is 6.92 Å². The number of hydrogen-bond acceptors (Lipinski definition) is 0. The fourth-order valence-corrected chi connectivity index (χ4v) is 3.11. The van der Waals surface area contributed by atoms with E-state index in [1.807, 2.05) is 24.3 Å². The van der Waals surface area contributed by atoms with E-state index in [9.17, 15) is 0 Å². The maximum absolute atomic E-state index is 6.17. The third-order valence-corrected chi connectivity index (χ3v) is 3.73. The van der Waals surface area contributed by atoms with Crippen molar-refractivity contribution in [3.8, 4) is 0 Å². The second-order valence-corrected chi connectivity index (χ2v) is 8.52. The van der Waals surface area contributed by atoms with Gasteiger partial charge in [0, 0.05) is 21.2 Å². The predicted molar refractivity (Wildman–Crippen MR) is 68.9 cm³/mol. The van der Waals surface area contributed by atoms with Gasteiger partial charge in [0.25, 0.3) is 0 Å². The molecule has 1 atom stereocenters. The molecule has 0 fully saturated rings. The Morgan fingerprint density at radius 2 is 2.07 bits per heavy atom. The van der Waals surface area contributed by atoms with Crippen LogP contribution in [0.2, 0.25) is 5.02 Å². The molecule has 4 heteroatoms. The van der Waals surface area contributed by atoms with Crippen molar-refractivity contribution in [2.45, 2.75) is 23.2 Å². The van der Waals surface area contributed by atoms with Gasteiger partial charge < -0.3 is 0 Å². The van der Waals surface area contributed by atoms with Crippen LogP contribution in [0.1, 0.15) is 24.8 Å². The number of benzene rings is 1. The van der Waals surface area contributed by atoms with Crippen LogP contribution in [0.25, 0.3) is 0 Å². The molecule has 0 spiro atoms. The average molecular weight is 268 g/mol. The molecule has 1 unspecified atom stereocenters. The lowest BCUT2D eigenvalue weighted by molar-refractivity contribution is 0.679. The monoisotopic (exact) mass is 266 g/mol. The minimum Gasteiger partial charge on any atom is -0.106 e. The van der Waals surface area contributed by atoms with E-state index in [-0.39, 0.29) is 5.92 Å². The SMILES string of the molecule is CCC(c1cccc(Cl)c1)C([SiH3])(Cl)Cl. The van der Waals surface area contributed by atoms with Crippen molar-refractivity contribution < 1.29 is 0 Å². The maximum Gasteiger partial charge on any atom is 0.104 e. The van der Waals surface area contributed by atoms with Gasteiger partial charge in [-0.25, -0.2) is 0 Å². The average Bonchev–Trinajstić information content (AvgIpc) is 2.02. The summed E-state index contributed by atoms with van der Waals surface area (Å²) in [6.07, 6.45) is 0.927. The molecule has 0 saturated carbocycles. The van der Waals surface area contributed by atoms with Crippen LogP contribution in [0.5, 0.6) is 0 Å². The summed E-state index contributed by atoms with van der Waals surface area (Å²) in [5.41, 5.74) is 1.13. The molecule has 0 bridgehead atoms. The van der Waals surface area contributed by atoms with Gasteiger partial charge in [-0.1, -0.05) is 30.7 Å². The Bertz CT molecular complexity index is 306. The largest absolute Gasteiger partial charge is 0.106 e. The Morgan fingerprint density at radius 1 is 1.43 bits per heavy atom. The van der Waals surface area contributed by atoms with Gasteiger partial charge >= 0.3 is 0 Å². The first-order chi connectivity index (χ1) is 6.45. The van der Waals surface area contributed by atoms with Gasteiger partial charge in [-0.3, -0.25) is 0 Å².